The molecule has 0 aliphatic heterocycles. The zero-order valence-corrected chi connectivity index (χ0v) is 10.8. The summed E-state index contributed by atoms with van der Waals surface area (Å²) in [6.07, 6.45) is 0.635. The Kier molecular flexibility index (Phi) is 4.98. The molecule has 0 spiro atoms. The number of halogens is 3. The van der Waals surface area contributed by atoms with Crippen LogP contribution in [-0.2, 0) is 11.2 Å². The number of benzene rings is 1. The van der Waals surface area contributed by atoms with E-state index in [0.717, 1.165) is 5.56 Å². The third-order valence-electron chi connectivity index (χ3n) is 1.69. The Morgan fingerprint density at radius 1 is 1.36 bits per heavy atom. The molecule has 14 heavy (non-hydrogen) atoms. The van der Waals surface area contributed by atoms with Crippen LogP contribution in [-0.4, -0.2) is 13.8 Å². The number of hydrogen-bond acceptors (Lipinski definition) is 1. The van der Waals surface area contributed by atoms with E-state index >= 15 is 0 Å². The van der Waals surface area contributed by atoms with Crippen LogP contribution in [0.5, 0.6) is 0 Å². The van der Waals surface area contributed by atoms with Crippen molar-refractivity contribution in [1.29, 1.82) is 0 Å². The summed E-state index contributed by atoms with van der Waals surface area (Å²) in [4.78, 5) is 11.3. The molecule has 0 radical (unpaired) electrons. The van der Waals surface area contributed by atoms with Gasteiger partial charge in [0.05, 0.1) is 3.92 Å². The van der Waals surface area contributed by atoms with Crippen LogP contribution >= 0.6 is 46.1 Å². The highest BCUT2D eigenvalue weighted by Gasteiger charge is 2.19. The van der Waals surface area contributed by atoms with Crippen LogP contribution < -0.4 is 0 Å². The molecule has 1 aromatic carbocycles. The van der Waals surface area contributed by atoms with Crippen molar-refractivity contribution in [1.82, 2.24) is 3.94 Å². The predicted octanol–water partition coefficient (Wildman–Crippen LogP) is 3.17. The van der Waals surface area contributed by atoms with Crippen LogP contribution in [0.15, 0.2) is 30.3 Å². The quantitative estimate of drug-likeness (QED) is 0.469. The molecule has 0 bridgehead atoms. The molecule has 0 N–H and O–H groups in total. The minimum Gasteiger partial charge on any atom is -0.271 e. The Hall–Kier alpha value is -0.000000000000000111. The van der Waals surface area contributed by atoms with E-state index in [1.807, 2.05) is 52.9 Å². The lowest BCUT2D eigenvalue weighted by Crippen LogP contribution is -2.24. The van der Waals surface area contributed by atoms with E-state index in [1.54, 1.807) is 0 Å². The first-order chi connectivity index (χ1) is 6.61. The Morgan fingerprint density at radius 2 is 1.93 bits per heavy atom. The van der Waals surface area contributed by atoms with Crippen LogP contribution in [0.25, 0.3) is 0 Å². The Labute approximate surface area is 107 Å². The first-order valence-corrected chi connectivity index (χ1v) is 5.87. The highest BCUT2D eigenvalue weighted by Crippen LogP contribution is 2.15. The number of alkyl halides is 1. The average Bonchev–Trinajstić information content (AvgIpc) is 2.18. The van der Waals surface area contributed by atoms with Crippen LogP contribution in [0.1, 0.15) is 5.56 Å². The Balaban J connectivity index is 2.57. The maximum atomic E-state index is 11.3. The van der Waals surface area contributed by atoms with Crippen molar-refractivity contribution in [2.24, 2.45) is 0 Å². The van der Waals surface area contributed by atoms with Gasteiger partial charge in [-0.05, 0) is 12.0 Å². The molecule has 76 valence electrons. The lowest BCUT2D eigenvalue weighted by atomic mass is 10.1. The smallest absolute Gasteiger partial charge is 0.265 e. The molecule has 0 fully saturated rings. The molecule has 0 saturated heterocycles. The monoisotopic (exact) mass is 343 g/mol. The third kappa shape index (κ3) is 3.63. The van der Waals surface area contributed by atoms with Crippen molar-refractivity contribution >= 4 is 52.1 Å². The highest BCUT2D eigenvalue weighted by atomic mass is 127. The van der Waals surface area contributed by atoms with Crippen molar-refractivity contribution in [2.75, 3.05) is 0 Å². The van der Waals surface area contributed by atoms with Gasteiger partial charge < -0.3 is 0 Å². The van der Waals surface area contributed by atoms with Gasteiger partial charge in [0.25, 0.3) is 5.91 Å². The summed E-state index contributed by atoms with van der Waals surface area (Å²) in [6.45, 7) is 0. The molecule has 5 heteroatoms. The first-order valence-electron chi connectivity index (χ1n) is 3.95. The minimum atomic E-state index is -0.294. The normalized spacial score (nSPS) is 12.2. The van der Waals surface area contributed by atoms with E-state index in [9.17, 15) is 4.79 Å². The summed E-state index contributed by atoms with van der Waals surface area (Å²) in [6, 6.07) is 9.73. The molecule has 1 aromatic rings. The zero-order valence-electron chi connectivity index (χ0n) is 7.16. The Morgan fingerprint density at radius 3 is 2.43 bits per heavy atom. The fourth-order valence-electron chi connectivity index (χ4n) is 1.01. The summed E-state index contributed by atoms with van der Waals surface area (Å²) < 4.78 is 0.352. The molecule has 1 amide bonds. The maximum absolute atomic E-state index is 11.3. The molecule has 1 rings (SSSR count). The average molecular weight is 344 g/mol. The van der Waals surface area contributed by atoms with Crippen molar-refractivity contribution in [3.05, 3.63) is 35.9 Å². The topological polar surface area (TPSA) is 20.3 Å². The van der Waals surface area contributed by atoms with Gasteiger partial charge in [-0.2, -0.15) is 3.94 Å². The van der Waals surface area contributed by atoms with E-state index in [4.69, 9.17) is 23.6 Å². The lowest BCUT2D eigenvalue weighted by Gasteiger charge is -2.10. The fourth-order valence-corrected chi connectivity index (χ4v) is 2.37. The number of carbonyl (C=O) groups excluding carboxylic acids is 1. The molecule has 0 saturated carbocycles. The van der Waals surface area contributed by atoms with Crippen molar-refractivity contribution in [3.63, 3.8) is 0 Å². The predicted molar refractivity (Wildman–Crippen MR) is 66.5 cm³/mol. The highest BCUT2D eigenvalue weighted by molar-refractivity contribution is 14.1. The van der Waals surface area contributed by atoms with E-state index in [0.29, 0.717) is 10.4 Å². The number of rotatable bonds is 3. The van der Waals surface area contributed by atoms with Gasteiger partial charge in [-0.3, -0.25) is 4.79 Å². The van der Waals surface area contributed by atoms with Crippen LogP contribution in [0, 0.1) is 0 Å². The van der Waals surface area contributed by atoms with E-state index in [1.165, 1.54) is 0 Å². The molecule has 1 unspecified atom stereocenters. The van der Waals surface area contributed by atoms with Gasteiger partial charge in [-0.15, -0.1) is 0 Å². The fraction of sp³-hybridized carbons (Fsp3) is 0.222. The first kappa shape index (κ1) is 12.1. The van der Waals surface area contributed by atoms with Gasteiger partial charge in [0.1, 0.15) is 0 Å². The van der Waals surface area contributed by atoms with Gasteiger partial charge in [-0.1, -0.05) is 52.9 Å². The standard InChI is InChI=1S/C9H8Cl2INO/c10-13(11)9(14)8(12)6-7-4-2-1-3-5-7/h1-5,8H,6H2. The van der Waals surface area contributed by atoms with Crippen LogP contribution in [0.4, 0.5) is 0 Å². The molecular formula is C9H8Cl2INO. The molecule has 2 nitrogen and oxygen atoms in total. The second-order valence-electron chi connectivity index (χ2n) is 2.73. The molecule has 0 heterocycles. The lowest BCUT2D eigenvalue weighted by molar-refractivity contribution is -0.122. The summed E-state index contributed by atoms with van der Waals surface area (Å²) in [5.41, 5.74) is 1.09. The summed E-state index contributed by atoms with van der Waals surface area (Å²) in [5.74, 6) is -0.294. The zero-order chi connectivity index (χ0) is 10.6. The number of hydrogen-bond donors (Lipinski definition) is 0. The minimum absolute atomic E-state index is 0.231. The summed E-state index contributed by atoms with van der Waals surface area (Å²) >= 11 is 12.7. The SMILES string of the molecule is O=C(C(I)Cc1ccccc1)N(Cl)Cl. The van der Waals surface area contributed by atoms with Gasteiger partial charge in [0.15, 0.2) is 0 Å². The largest absolute Gasteiger partial charge is 0.271 e. The van der Waals surface area contributed by atoms with E-state index < -0.39 is 0 Å². The van der Waals surface area contributed by atoms with Crippen LogP contribution in [0.3, 0.4) is 0 Å². The van der Waals surface area contributed by atoms with Gasteiger partial charge in [0, 0.05) is 23.6 Å². The van der Waals surface area contributed by atoms with Crippen molar-refractivity contribution in [2.45, 2.75) is 10.3 Å². The van der Waals surface area contributed by atoms with Crippen molar-refractivity contribution in [3.8, 4) is 0 Å². The number of nitrogens with zero attached hydrogens (tertiary/aromatic N) is 1. The second kappa shape index (κ2) is 5.78. The van der Waals surface area contributed by atoms with Crippen molar-refractivity contribution < 1.29 is 4.79 Å². The summed E-state index contributed by atoms with van der Waals surface area (Å²) in [7, 11) is 0. The second-order valence-corrected chi connectivity index (χ2v) is 5.08. The van der Waals surface area contributed by atoms with Gasteiger partial charge >= 0.3 is 0 Å². The van der Waals surface area contributed by atoms with Gasteiger partial charge in [0.2, 0.25) is 0 Å². The number of amides is 1. The molecule has 0 aliphatic carbocycles. The van der Waals surface area contributed by atoms with Gasteiger partial charge in [-0.25, -0.2) is 0 Å². The molecule has 0 aliphatic rings. The third-order valence-corrected chi connectivity index (χ3v) is 3.00. The molecule has 1 atom stereocenters. The van der Waals surface area contributed by atoms with Crippen LogP contribution in [0.2, 0.25) is 0 Å². The number of carbonyl (C=O) groups is 1. The molecular weight excluding hydrogens is 336 g/mol. The van der Waals surface area contributed by atoms with E-state index in [2.05, 4.69) is 0 Å². The molecule has 0 aromatic heterocycles. The maximum Gasteiger partial charge on any atom is 0.265 e. The Bertz CT molecular complexity index is 305. The summed E-state index contributed by atoms with van der Waals surface area (Å²) in [5, 5.41) is 0. The van der Waals surface area contributed by atoms with E-state index in [-0.39, 0.29) is 9.83 Å².